The SMILES string of the molecule is Cc1cccc(C(CN)CC2CCC(C)(C)O2)c1. The molecule has 1 aliphatic heterocycles. The summed E-state index contributed by atoms with van der Waals surface area (Å²) in [5, 5.41) is 0. The lowest BCUT2D eigenvalue weighted by Crippen LogP contribution is -2.23. The number of hydrogen-bond donors (Lipinski definition) is 1. The molecule has 0 saturated carbocycles. The van der Waals surface area contributed by atoms with Crippen LogP contribution in [0.5, 0.6) is 0 Å². The van der Waals surface area contributed by atoms with Crippen LogP contribution in [0.2, 0.25) is 0 Å². The first kappa shape index (κ1) is 13.6. The van der Waals surface area contributed by atoms with E-state index < -0.39 is 0 Å². The van der Waals surface area contributed by atoms with E-state index in [4.69, 9.17) is 10.5 Å². The van der Waals surface area contributed by atoms with Gasteiger partial charge in [-0.1, -0.05) is 29.8 Å². The zero-order valence-corrected chi connectivity index (χ0v) is 11.8. The van der Waals surface area contributed by atoms with Gasteiger partial charge in [-0.3, -0.25) is 0 Å². The van der Waals surface area contributed by atoms with Crippen LogP contribution in [-0.2, 0) is 4.74 Å². The molecule has 0 aliphatic carbocycles. The molecule has 0 aromatic heterocycles. The molecule has 1 heterocycles. The second-order valence-electron chi connectivity index (χ2n) is 6.12. The van der Waals surface area contributed by atoms with Crippen molar-refractivity contribution in [3.63, 3.8) is 0 Å². The summed E-state index contributed by atoms with van der Waals surface area (Å²) >= 11 is 0. The first-order chi connectivity index (χ1) is 8.50. The molecule has 2 rings (SSSR count). The van der Waals surface area contributed by atoms with Crippen molar-refractivity contribution >= 4 is 0 Å². The number of benzene rings is 1. The minimum atomic E-state index is 0.0520. The third kappa shape index (κ3) is 3.33. The fourth-order valence-electron chi connectivity index (χ4n) is 2.85. The van der Waals surface area contributed by atoms with Gasteiger partial charge >= 0.3 is 0 Å². The largest absolute Gasteiger partial charge is 0.372 e. The van der Waals surface area contributed by atoms with Gasteiger partial charge in [0.15, 0.2) is 0 Å². The fourth-order valence-corrected chi connectivity index (χ4v) is 2.85. The summed E-state index contributed by atoms with van der Waals surface area (Å²) in [6.07, 6.45) is 3.73. The highest BCUT2D eigenvalue weighted by molar-refractivity contribution is 5.26. The van der Waals surface area contributed by atoms with Crippen LogP contribution in [0, 0.1) is 6.92 Å². The van der Waals surface area contributed by atoms with E-state index in [1.165, 1.54) is 11.1 Å². The monoisotopic (exact) mass is 247 g/mol. The lowest BCUT2D eigenvalue weighted by atomic mass is 9.91. The lowest BCUT2D eigenvalue weighted by molar-refractivity contribution is -0.0206. The summed E-state index contributed by atoms with van der Waals surface area (Å²) in [5.41, 5.74) is 8.65. The van der Waals surface area contributed by atoms with Crippen LogP contribution in [0.4, 0.5) is 0 Å². The first-order valence-corrected chi connectivity index (χ1v) is 6.94. The third-order valence-electron chi connectivity index (χ3n) is 3.90. The van der Waals surface area contributed by atoms with Crippen molar-refractivity contribution in [2.24, 2.45) is 5.73 Å². The van der Waals surface area contributed by atoms with Gasteiger partial charge in [0.25, 0.3) is 0 Å². The van der Waals surface area contributed by atoms with Crippen LogP contribution in [0.15, 0.2) is 24.3 Å². The van der Waals surface area contributed by atoms with Crippen molar-refractivity contribution < 1.29 is 4.74 Å². The normalized spacial score (nSPS) is 24.1. The molecular formula is C16H25NO. The molecule has 18 heavy (non-hydrogen) atoms. The van der Waals surface area contributed by atoms with Crippen molar-refractivity contribution in [3.05, 3.63) is 35.4 Å². The molecule has 100 valence electrons. The maximum Gasteiger partial charge on any atom is 0.0631 e. The van der Waals surface area contributed by atoms with Gasteiger partial charge in [-0.05, 0) is 58.1 Å². The van der Waals surface area contributed by atoms with Gasteiger partial charge in [0.2, 0.25) is 0 Å². The van der Waals surface area contributed by atoms with E-state index in [0.717, 1.165) is 19.3 Å². The Labute approximate surface area is 111 Å². The molecule has 0 bridgehead atoms. The Morgan fingerprint density at radius 2 is 2.22 bits per heavy atom. The maximum absolute atomic E-state index is 6.08. The molecule has 2 atom stereocenters. The van der Waals surface area contributed by atoms with Crippen LogP contribution >= 0.6 is 0 Å². The Hall–Kier alpha value is -0.860. The number of rotatable bonds is 4. The Kier molecular flexibility index (Phi) is 4.08. The molecule has 1 fully saturated rings. The number of hydrogen-bond acceptors (Lipinski definition) is 2. The lowest BCUT2D eigenvalue weighted by Gasteiger charge is -2.23. The smallest absolute Gasteiger partial charge is 0.0631 e. The minimum absolute atomic E-state index is 0.0520. The summed E-state index contributed by atoms with van der Waals surface area (Å²) in [6.45, 7) is 7.18. The maximum atomic E-state index is 6.08. The molecule has 1 aliphatic rings. The van der Waals surface area contributed by atoms with Gasteiger partial charge < -0.3 is 10.5 Å². The highest BCUT2D eigenvalue weighted by Crippen LogP contribution is 2.34. The Morgan fingerprint density at radius 3 is 2.78 bits per heavy atom. The van der Waals surface area contributed by atoms with E-state index >= 15 is 0 Å². The van der Waals surface area contributed by atoms with Crippen molar-refractivity contribution in [1.82, 2.24) is 0 Å². The number of ether oxygens (including phenoxy) is 1. The van der Waals surface area contributed by atoms with E-state index in [9.17, 15) is 0 Å². The Bertz CT molecular complexity index is 400. The topological polar surface area (TPSA) is 35.2 Å². The summed E-state index contributed by atoms with van der Waals surface area (Å²) < 4.78 is 6.08. The van der Waals surface area contributed by atoms with E-state index in [1.54, 1.807) is 0 Å². The molecule has 2 N–H and O–H groups in total. The summed E-state index contributed by atoms with van der Waals surface area (Å²) in [7, 11) is 0. The molecule has 1 aromatic carbocycles. The summed E-state index contributed by atoms with van der Waals surface area (Å²) in [6, 6.07) is 8.68. The van der Waals surface area contributed by atoms with Gasteiger partial charge in [-0.15, -0.1) is 0 Å². The van der Waals surface area contributed by atoms with Crippen LogP contribution in [0.1, 0.15) is 50.2 Å². The first-order valence-electron chi connectivity index (χ1n) is 6.94. The quantitative estimate of drug-likeness (QED) is 0.885. The van der Waals surface area contributed by atoms with Gasteiger partial charge in [-0.2, -0.15) is 0 Å². The van der Waals surface area contributed by atoms with Crippen LogP contribution in [0.25, 0.3) is 0 Å². The highest BCUT2D eigenvalue weighted by atomic mass is 16.5. The zero-order valence-electron chi connectivity index (χ0n) is 11.8. The third-order valence-corrected chi connectivity index (χ3v) is 3.90. The molecule has 0 amide bonds. The zero-order chi connectivity index (χ0) is 13.2. The molecule has 2 heteroatoms. The minimum Gasteiger partial charge on any atom is -0.372 e. The van der Waals surface area contributed by atoms with Crippen molar-refractivity contribution in [2.45, 2.75) is 57.7 Å². The molecule has 1 aromatic rings. The molecule has 2 nitrogen and oxygen atoms in total. The van der Waals surface area contributed by atoms with Gasteiger partial charge in [-0.25, -0.2) is 0 Å². The summed E-state index contributed by atoms with van der Waals surface area (Å²) in [5.74, 6) is 0.420. The number of nitrogens with two attached hydrogens (primary N) is 1. The molecule has 2 unspecified atom stereocenters. The predicted octanol–water partition coefficient (Wildman–Crippen LogP) is 3.39. The average molecular weight is 247 g/mol. The molecule has 0 spiro atoms. The van der Waals surface area contributed by atoms with Crippen LogP contribution in [0.3, 0.4) is 0 Å². The predicted molar refractivity (Wildman–Crippen MR) is 75.8 cm³/mol. The van der Waals surface area contributed by atoms with Crippen molar-refractivity contribution in [1.29, 1.82) is 0 Å². The van der Waals surface area contributed by atoms with Crippen LogP contribution < -0.4 is 5.73 Å². The second-order valence-corrected chi connectivity index (χ2v) is 6.12. The highest BCUT2D eigenvalue weighted by Gasteiger charge is 2.32. The Balaban J connectivity index is 2.02. The van der Waals surface area contributed by atoms with E-state index in [-0.39, 0.29) is 5.60 Å². The van der Waals surface area contributed by atoms with Crippen molar-refractivity contribution in [2.75, 3.05) is 6.54 Å². The van der Waals surface area contributed by atoms with E-state index in [1.807, 2.05) is 0 Å². The Morgan fingerprint density at radius 1 is 1.44 bits per heavy atom. The second kappa shape index (κ2) is 5.41. The molecular weight excluding hydrogens is 222 g/mol. The fraction of sp³-hybridized carbons (Fsp3) is 0.625. The standard InChI is InChI=1S/C16H25NO/c1-12-5-4-6-13(9-12)14(11-17)10-15-7-8-16(2,3)18-15/h4-6,9,14-15H,7-8,10-11,17H2,1-3H3. The van der Waals surface area contributed by atoms with Gasteiger partial charge in [0.1, 0.15) is 0 Å². The molecule has 0 radical (unpaired) electrons. The van der Waals surface area contributed by atoms with E-state index in [2.05, 4.69) is 45.0 Å². The van der Waals surface area contributed by atoms with Gasteiger partial charge in [0.05, 0.1) is 11.7 Å². The summed E-state index contributed by atoms with van der Waals surface area (Å²) in [4.78, 5) is 0. The average Bonchev–Trinajstić information content (AvgIpc) is 2.65. The van der Waals surface area contributed by atoms with Crippen LogP contribution in [-0.4, -0.2) is 18.2 Å². The van der Waals surface area contributed by atoms with Gasteiger partial charge in [0, 0.05) is 0 Å². The molecule has 1 saturated heterocycles. The van der Waals surface area contributed by atoms with Crippen molar-refractivity contribution in [3.8, 4) is 0 Å². The number of aryl methyl sites for hydroxylation is 1. The van der Waals surface area contributed by atoms with E-state index in [0.29, 0.717) is 18.6 Å².